The first-order valence-electron chi connectivity index (χ1n) is 3.06. The smallest absolute Gasteiger partial charge is 0.107 e. The normalized spacial score (nSPS) is 12.3. The number of aliphatic hydroxyl groups is 1. The van der Waals surface area contributed by atoms with Gasteiger partial charge in [0.05, 0.1) is 11.2 Å². The van der Waals surface area contributed by atoms with Gasteiger partial charge in [-0.15, -0.1) is 0 Å². The summed E-state index contributed by atoms with van der Waals surface area (Å²) in [6.07, 6.45) is 1.01. The number of nitrogens with one attached hydrogen (secondary N) is 2. The van der Waals surface area contributed by atoms with E-state index in [0.717, 1.165) is 6.21 Å². The van der Waals surface area contributed by atoms with E-state index >= 15 is 0 Å². The molecule has 0 rings (SSSR count). The third-order valence-corrected chi connectivity index (χ3v) is 1.79. The van der Waals surface area contributed by atoms with Crippen LogP contribution in [0.5, 0.6) is 0 Å². The van der Waals surface area contributed by atoms with Crippen molar-refractivity contribution in [2.24, 2.45) is 0 Å². The third kappa shape index (κ3) is 4.10. The molecule has 0 unspecified atom stereocenters. The third-order valence-electron chi connectivity index (χ3n) is 1.00. The van der Waals surface area contributed by atoms with E-state index < -0.39 is 6.67 Å². The van der Waals surface area contributed by atoms with Crippen LogP contribution in [0.25, 0.3) is 0 Å². The fourth-order valence-corrected chi connectivity index (χ4v) is 0.887. The monoisotopic (exact) mass is 224 g/mol. The van der Waals surface area contributed by atoms with E-state index in [9.17, 15) is 4.39 Å². The Balaban J connectivity index is 4.00. The lowest BCUT2D eigenvalue weighted by Crippen LogP contribution is -2.15. The summed E-state index contributed by atoms with van der Waals surface area (Å²) in [5.41, 5.74) is 0.401. The van der Waals surface area contributed by atoms with E-state index in [4.69, 9.17) is 10.5 Å². The fraction of sp³-hybridized carbons (Fsp3) is 0.500. The van der Waals surface area contributed by atoms with Gasteiger partial charge in [-0.05, 0) is 15.9 Å². The van der Waals surface area contributed by atoms with Gasteiger partial charge in [-0.3, -0.25) is 0 Å². The number of hydrogen-bond donors (Lipinski definition) is 3. The average Bonchev–Trinajstić information content (AvgIpc) is 2.03. The average molecular weight is 225 g/mol. The molecule has 0 bridgehead atoms. The molecule has 0 fully saturated rings. The second kappa shape index (κ2) is 6.30. The van der Waals surface area contributed by atoms with Gasteiger partial charge >= 0.3 is 0 Å². The molecule has 0 spiro atoms. The molecule has 0 heterocycles. The SMILES string of the molecule is N=C/C(CO)=C(/Br)NCCF. The Morgan fingerprint density at radius 1 is 1.73 bits per heavy atom. The molecule has 3 nitrogen and oxygen atoms in total. The lowest BCUT2D eigenvalue weighted by atomic mass is 10.3. The molecule has 0 aliphatic carbocycles. The van der Waals surface area contributed by atoms with E-state index in [1.165, 1.54) is 0 Å². The predicted octanol–water partition coefficient (Wildman–Crippen LogP) is 0.794. The highest BCUT2D eigenvalue weighted by Gasteiger charge is 1.98. The molecule has 0 saturated carbocycles. The van der Waals surface area contributed by atoms with Gasteiger partial charge < -0.3 is 15.8 Å². The van der Waals surface area contributed by atoms with Gasteiger partial charge in [-0.1, -0.05) is 0 Å². The van der Waals surface area contributed by atoms with Crippen LogP contribution in [-0.4, -0.2) is 31.1 Å². The van der Waals surface area contributed by atoms with E-state index in [0.29, 0.717) is 10.2 Å². The molecule has 0 aromatic carbocycles. The van der Waals surface area contributed by atoms with E-state index in [1.54, 1.807) is 0 Å². The second-order valence-electron chi connectivity index (χ2n) is 1.76. The Labute approximate surface area is 72.9 Å². The predicted molar refractivity (Wildman–Crippen MR) is 45.8 cm³/mol. The topological polar surface area (TPSA) is 56.1 Å². The quantitative estimate of drug-likeness (QED) is 0.478. The molecule has 0 saturated heterocycles. The van der Waals surface area contributed by atoms with E-state index in [2.05, 4.69) is 21.2 Å². The Morgan fingerprint density at radius 3 is 2.73 bits per heavy atom. The summed E-state index contributed by atoms with van der Waals surface area (Å²) in [5, 5.41) is 18.1. The first kappa shape index (κ1) is 10.6. The molecule has 0 aromatic rings. The Kier molecular flexibility index (Phi) is 6.06. The molecule has 64 valence electrons. The molecule has 0 aliphatic rings. The summed E-state index contributed by atoms with van der Waals surface area (Å²) in [6, 6.07) is 0. The van der Waals surface area contributed by atoms with Crippen LogP contribution < -0.4 is 5.32 Å². The fourth-order valence-electron chi connectivity index (χ4n) is 0.449. The summed E-state index contributed by atoms with van der Waals surface area (Å²) in [5.74, 6) is 0. The van der Waals surface area contributed by atoms with Gasteiger partial charge in [-0.25, -0.2) is 4.39 Å². The van der Waals surface area contributed by atoms with Crippen LogP contribution >= 0.6 is 15.9 Å². The van der Waals surface area contributed by atoms with Crippen LogP contribution in [0.3, 0.4) is 0 Å². The van der Waals surface area contributed by atoms with Crippen molar-refractivity contribution in [3.63, 3.8) is 0 Å². The molecule has 0 aliphatic heterocycles. The zero-order valence-electron chi connectivity index (χ0n) is 5.90. The highest BCUT2D eigenvalue weighted by molar-refractivity contribution is 9.11. The Hall–Kier alpha value is -0.420. The van der Waals surface area contributed by atoms with E-state index in [-0.39, 0.29) is 13.2 Å². The molecular weight excluding hydrogens is 215 g/mol. The number of alkyl halides is 1. The van der Waals surface area contributed by atoms with Crippen molar-refractivity contribution >= 4 is 22.1 Å². The van der Waals surface area contributed by atoms with Crippen molar-refractivity contribution in [3.05, 3.63) is 10.2 Å². The van der Waals surface area contributed by atoms with Gasteiger partial charge in [0, 0.05) is 18.3 Å². The minimum Gasteiger partial charge on any atom is -0.392 e. The Bertz CT molecular complexity index is 161. The first-order valence-corrected chi connectivity index (χ1v) is 3.85. The maximum atomic E-state index is 11.6. The summed E-state index contributed by atoms with van der Waals surface area (Å²) in [6.45, 7) is -0.535. The standard InChI is InChI=1S/C6H10BrFN2O/c7-6(10-2-1-8)5(3-9)4-11/h3,9-11H,1-2,4H2/b6-5+,9-3?. The minimum atomic E-state index is -0.480. The van der Waals surface area contributed by atoms with Crippen molar-refractivity contribution in [2.75, 3.05) is 19.8 Å². The van der Waals surface area contributed by atoms with Crippen molar-refractivity contribution in [1.29, 1.82) is 5.41 Å². The van der Waals surface area contributed by atoms with E-state index in [1.807, 2.05) is 0 Å². The van der Waals surface area contributed by atoms with Crippen LogP contribution in [-0.2, 0) is 0 Å². The molecule has 0 amide bonds. The lowest BCUT2D eigenvalue weighted by molar-refractivity contribution is 0.336. The summed E-state index contributed by atoms with van der Waals surface area (Å²) in [4.78, 5) is 0. The summed E-state index contributed by atoms with van der Waals surface area (Å²) < 4.78 is 12.1. The maximum Gasteiger partial charge on any atom is 0.107 e. The van der Waals surface area contributed by atoms with Crippen molar-refractivity contribution in [2.45, 2.75) is 0 Å². The first-order chi connectivity index (χ1) is 5.26. The highest BCUT2D eigenvalue weighted by atomic mass is 79.9. The number of rotatable bonds is 5. The zero-order valence-corrected chi connectivity index (χ0v) is 7.49. The van der Waals surface area contributed by atoms with Gasteiger partial charge in [-0.2, -0.15) is 0 Å². The number of hydrogen-bond acceptors (Lipinski definition) is 3. The molecule has 0 atom stereocenters. The van der Waals surface area contributed by atoms with Gasteiger partial charge in [0.1, 0.15) is 6.67 Å². The number of aliphatic hydroxyl groups excluding tert-OH is 1. The largest absolute Gasteiger partial charge is 0.392 e. The van der Waals surface area contributed by atoms with Crippen molar-refractivity contribution < 1.29 is 9.50 Å². The van der Waals surface area contributed by atoms with Gasteiger partial charge in [0.2, 0.25) is 0 Å². The lowest BCUT2D eigenvalue weighted by Gasteiger charge is -2.04. The van der Waals surface area contributed by atoms with Crippen molar-refractivity contribution in [1.82, 2.24) is 5.32 Å². The van der Waals surface area contributed by atoms with Crippen LogP contribution in [0.4, 0.5) is 4.39 Å². The Morgan fingerprint density at radius 2 is 2.36 bits per heavy atom. The van der Waals surface area contributed by atoms with Crippen molar-refractivity contribution in [3.8, 4) is 0 Å². The molecule has 11 heavy (non-hydrogen) atoms. The zero-order chi connectivity index (χ0) is 8.69. The van der Waals surface area contributed by atoms with Gasteiger partial charge in [0.15, 0.2) is 0 Å². The molecule has 0 radical (unpaired) electrons. The molecule has 0 aromatic heterocycles. The van der Waals surface area contributed by atoms with Crippen LogP contribution in [0, 0.1) is 5.41 Å². The number of halogens is 2. The molecule has 3 N–H and O–H groups in total. The highest BCUT2D eigenvalue weighted by Crippen LogP contribution is 2.05. The second-order valence-corrected chi connectivity index (χ2v) is 2.55. The summed E-state index contributed by atoms with van der Waals surface area (Å²) in [7, 11) is 0. The van der Waals surface area contributed by atoms with Crippen LogP contribution in [0.1, 0.15) is 0 Å². The molecular formula is C6H10BrFN2O. The molecule has 5 heteroatoms. The van der Waals surface area contributed by atoms with Gasteiger partial charge in [0.25, 0.3) is 0 Å². The minimum absolute atomic E-state index is 0.178. The van der Waals surface area contributed by atoms with Crippen LogP contribution in [0.2, 0.25) is 0 Å². The summed E-state index contributed by atoms with van der Waals surface area (Å²) >= 11 is 3.06. The van der Waals surface area contributed by atoms with Crippen LogP contribution in [0.15, 0.2) is 10.2 Å². The maximum absolute atomic E-state index is 11.6.